The summed E-state index contributed by atoms with van der Waals surface area (Å²) in [7, 11) is 1.57. The molecular formula is C31H30F3N7O2. The molecule has 1 aliphatic rings. The van der Waals surface area contributed by atoms with Crippen molar-refractivity contribution in [1.29, 1.82) is 0 Å². The Kier molecular flexibility index (Phi) is 7.85. The number of aromatic nitrogens is 5. The van der Waals surface area contributed by atoms with Crippen LogP contribution in [0, 0.1) is 0 Å². The fourth-order valence-corrected chi connectivity index (χ4v) is 5.59. The number of fused-ring (bicyclic) bond motifs is 1. The van der Waals surface area contributed by atoms with Gasteiger partial charge in [-0.3, -0.25) is 9.69 Å². The molecule has 1 saturated heterocycles. The topological polar surface area (TPSA) is 92.2 Å². The van der Waals surface area contributed by atoms with Crippen molar-refractivity contribution < 1.29 is 17.9 Å². The molecule has 5 aromatic rings. The van der Waals surface area contributed by atoms with E-state index >= 15 is 0 Å². The Labute approximate surface area is 245 Å². The molecule has 0 radical (unpaired) electrons. The Morgan fingerprint density at radius 2 is 1.74 bits per heavy atom. The van der Waals surface area contributed by atoms with Gasteiger partial charge in [0.25, 0.3) is 5.56 Å². The fourth-order valence-electron chi connectivity index (χ4n) is 5.59. The van der Waals surface area contributed by atoms with E-state index < -0.39 is 17.8 Å². The summed E-state index contributed by atoms with van der Waals surface area (Å²) in [5, 5.41) is 13.5. The summed E-state index contributed by atoms with van der Waals surface area (Å²) < 4.78 is 47.1. The van der Waals surface area contributed by atoms with Crippen molar-refractivity contribution in [3.63, 3.8) is 0 Å². The summed E-state index contributed by atoms with van der Waals surface area (Å²) in [6.07, 6.45) is -3.72. The molecular weight excluding hydrogens is 559 g/mol. The van der Waals surface area contributed by atoms with Crippen molar-refractivity contribution in [1.82, 2.24) is 30.1 Å². The number of nitrogens with zero attached hydrogens (tertiary/aromatic N) is 6. The summed E-state index contributed by atoms with van der Waals surface area (Å²) in [5.41, 5.74) is 1.82. The summed E-state index contributed by atoms with van der Waals surface area (Å²) >= 11 is 0. The zero-order valence-corrected chi connectivity index (χ0v) is 23.5. The fraction of sp³-hybridized carbons (Fsp3) is 0.290. The van der Waals surface area contributed by atoms with Gasteiger partial charge in [0, 0.05) is 50.0 Å². The number of nitrogens with one attached hydrogen (secondary N) is 1. The lowest BCUT2D eigenvalue weighted by molar-refractivity contribution is -0.137. The summed E-state index contributed by atoms with van der Waals surface area (Å²) in [4.78, 5) is 20.6. The van der Waals surface area contributed by atoms with Gasteiger partial charge in [0.05, 0.1) is 18.2 Å². The lowest BCUT2D eigenvalue weighted by Crippen LogP contribution is -2.49. The van der Waals surface area contributed by atoms with Crippen molar-refractivity contribution in [2.75, 3.05) is 38.2 Å². The molecule has 43 heavy (non-hydrogen) atoms. The van der Waals surface area contributed by atoms with E-state index in [0.717, 1.165) is 17.0 Å². The number of hydrogen-bond acceptors (Lipinski definition) is 7. The van der Waals surface area contributed by atoms with Gasteiger partial charge < -0.3 is 14.6 Å². The number of aryl methyl sites for hydroxylation is 2. The van der Waals surface area contributed by atoms with Gasteiger partial charge in [-0.25, -0.2) is 4.68 Å². The third kappa shape index (κ3) is 6.09. The second-order valence-corrected chi connectivity index (χ2v) is 10.5. The first kappa shape index (κ1) is 28.4. The minimum Gasteiger partial charge on any atom is -0.497 e. The molecule has 9 nitrogen and oxygen atoms in total. The number of methoxy groups -OCH3 is 1. The third-order valence-corrected chi connectivity index (χ3v) is 7.85. The Balaban J connectivity index is 1.33. The van der Waals surface area contributed by atoms with Crippen LogP contribution in [0.4, 0.5) is 18.9 Å². The first-order chi connectivity index (χ1) is 20.8. The van der Waals surface area contributed by atoms with Gasteiger partial charge in [-0.05, 0) is 64.2 Å². The van der Waals surface area contributed by atoms with Gasteiger partial charge in [0.2, 0.25) is 0 Å². The van der Waals surface area contributed by atoms with E-state index in [1.165, 1.54) is 12.1 Å². The van der Waals surface area contributed by atoms with Crippen LogP contribution in [-0.4, -0.2) is 63.4 Å². The summed E-state index contributed by atoms with van der Waals surface area (Å²) in [6.45, 7) is 2.40. The Morgan fingerprint density at radius 1 is 0.953 bits per heavy atom. The molecule has 0 bridgehead atoms. The standard InChI is InChI=1S/C31H30F3N7O2/c1-43-25-11-10-22-18-26(30(42)35-27(22)20-25)28(29-36-37-38-41(29)13-12-21-6-3-2-4-7-21)40-16-14-39(15-17-40)24-9-5-8-23(19-24)31(32,33)34/h2-11,18-20,28H,12-17H2,1H3,(H,35,42)/t28-/m0/s1. The molecule has 0 aliphatic carbocycles. The largest absolute Gasteiger partial charge is 0.497 e. The monoisotopic (exact) mass is 589 g/mol. The van der Waals surface area contributed by atoms with Gasteiger partial charge in [-0.1, -0.05) is 36.4 Å². The number of ether oxygens (including phenoxy) is 1. The molecule has 3 heterocycles. The molecule has 222 valence electrons. The Bertz CT molecular complexity index is 1760. The highest BCUT2D eigenvalue weighted by Gasteiger charge is 2.34. The van der Waals surface area contributed by atoms with E-state index in [4.69, 9.17) is 4.74 Å². The highest BCUT2D eigenvalue weighted by atomic mass is 19.4. The smallest absolute Gasteiger partial charge is 0.416 e. The molecule has 1 aliphatic heterocycles. The molecule has 0 spiro atoms. The van der Waals surface area contributed by atoms with Crippen molar-refractivity contribution in [3.8, 4) is 5.75 Å². The molecule has 1 fully saturated rings. The number of halogens is 3. The first-order valence-corrected chi connectivity index (χ1v) is 14.0. The van der Waals surface area contributed by atoms with Crippen molar-refractivity contribution >= 4 is 16.6 Å². The molecule has 3 aromatic carbocycles. The van der Waals surface area contributed by atoms with Crippen LogP contribution in [0.3, 0.4) is 0 Å². The van der Waals surface area contributed by atoms with Gasteiger partial charge in [0.1, 0.15) is 11.8 Å². The van der Waals surface area contributed by atoms with Gasteiger partial charge >= 0.3 is 6.18 Å². The predicted octanol–water partition coefficient (Wildman–Crippen LogP) is 4.70. The molecule has 1 N–H and O–H groups in total. The Hall–Kier alpha value is -4.71. The van der Waals surface area contributed by atoms with Crippen LogP contribution in [0.1, 0.15) is 28.6 Å². The van der Waals surface area contributed by atoms with Gasteiger partial charge in [0.15, 0.2) is 5.82 Å². The maximum absolute atomic E-state index is 13.6. The first-order valence-electron chi connectivity index (χ1n) is 14.0. The highest BCUT2D eigenvalue weighted by Crippen LogP contribution is 2.33. The van der Waals surface area contributed by atoms with Crippen LogP contribution in [0.5, 0.6) is 5.75 Å². The molecule has 0 saturated carbocycles. The van der Waals surface area contributed by atoms with Gasteiger partial charge in [-0.15, -0.1) is 5.10 Å². The molecule has 0 unspecified atom stereocenters. The second-order valence-electron chi connectivity index (χ2n) is 10.5. The molecule has 6 rings (SSSR count). The van der Waals surface area contributed by atoms with Crippen LogP contribution >= 0.6 is 0 Å². The van der Waals surface area contributed by atoms with E-state index in [0.29, 0.717) is 67.5 Å². The number of hydrogen-bond donors (Lipinski definition) is 1. The van der Waals surface area contributed by atoms with Crippen molar-refractivity contribution in [2.45, 2.75) is 25.2 Å². The van der Waals surface area contributed by atoms with E-state index in [-0.39, 0.29) is 5.56 Å². The van der Waals surface area contributed by atoms with Crippen molar-refractivity contribution in [2.24, 2.45) is 0 Å². The normalized spacial score (nSPS) is 15.1. The van der Waals surface area contributed by atoms with Gasteiger partial charge in [-0.2, -0.15) is 13.2 Å². The summed E-state index contributed by atoms with van der Waals surface area (Å²) in [6, 6.07) is 22.1. The maximum Gasteiger partial charge on any atom is 0.416 e. The average Bonchev–Trinajstić information content (AvgIpc) is 3.48. The highest BCUT2D eigenvalue weighted by molar-refractivity contribution is 5.80. The number of anilines is 1. The number of pyridine rings is 1. The SMILES string of the molecule is COc1ccc2cc([C@@H](c3nnnn3CCc3ccccc3)N3CCN(c4cccc(C(F)(F)F)c4)CC3)c(=O)[nH]c2c1. The average molecular weight is 590 g/mol. The maximum atomic E-state index is 13.6. The minimum atomic E-state index is -4.42. The van der Waals surface area contributed by atoms with Crippen LogP contribution < -0.4 is 15.2 Å². The van der Waals surface area contributed by atoms with Crippen LogP contribution in [-0.2, 0) is 19.1 Å². The van der Waals surface area contributed by atoms with Crippen LogP contribution in [0.2, 0.25) is 0 Å². The quantitative estimate of drug-likeness (QED) is 0.281. The van der Waals surface area contributed by atoms with E-state index in [9.17, 15) is 18.0 Å². The van der Waals surface area contributed by atoms with E-state index in [1.54, 1.807) is 23.9 Å². The molecule has 0 amide bonds. The zero-order valence-electron chi connectivity index (χ0n) is 23.5. The van der Waals surface area contributed by atoms with Crippen LogP contribution in [0.15, 0.2) is 83.7 Å². The molecule has 2 aromatic heterocycles. The minimum absolute atomic E-state index is 0.274. The Morgan fingerprint density at radius 3 is 2.49 bits per heavy atom. The molecule has 12 heteroatoms. The summed E-state index contributed by atoms with van der Waals surface area (Å²) in [5.74, 6) is 1.16. The lowest BCUT2D eigenvalue weighted by atomic mass is 10.0. The number of H-pyrrole nitrogens is 1. The third-order valence-electron chi connectivity index (χ3n) is 7.85. The predicted molar refractivity (Wildman–Crippen MR) is 156 cm³/mol. The van der Waals surface area contributed by atoms with E-state index in [1.807, 2.05) is 53.4 Å². The molecule has 1 atom stereocenters. The van der Waals surface area contributed by atoms with Crippen molar-refractivity contribution in [3.05, 3.63) is 112 Å². The number of piperazine rings is 1. The number of benzene rings is 3. The van der Waals surface area contributed by atoms with E-state index in [2.05, 4.69) is 25.4 Å². The number of rotatable bonds is 8. The number of tetrazole rings is 1. The second kappa shape index (κ2) is 11.9. The number of alkyl halides is 3. The lowest BCUT2D eigenvalue weighted by Gasteiger charge is -2.39. The van der Waals surface area contributed by atoms with Crippen LogP contribution in [0.25, 0.3) is 10.9 Å². The zero-order chi connectivity index (χ0) is 30.0. The number of aromatic amines is 1.